The zero-order valence-electron chi connectivity index (χ0n) is 11.9. The molecule has 0 aliphatic rings. The molecule has 0 radical (unpaired) electrons. The van der Waals surface area contributed by atoms with Gasteiger partial charge in [-0.15, -0.1) is 0 Å². The molecule has 0 saturated carbocycles. The Morgan fingerprint density at radius 3 is 2.28 bits per heavy atom. The van der Waals surface area contributed by atoms with E-state index in [0.29, 0.717) is 13.2 Å². The van der Waals surface area contributed by atoms with Gasteiger partial charge in [0.05, 0.1) is 18.1 Å². The lowest BCUT2D eigenvalue weighted by Crippen LogP contribution is -2.44. The molecule has 0 aromatic carbocycles. The summed E-state index contributed by atoms with van der Waals surface area (Å²) >= 11 is 0. The highest BCUT2D eigenvalue weighted by Crippen LogP contribution is 2.20. The van der Waals surface area contributed by atoms with E-state index in [2.05, 4.69) is 5.32 Å². The number of carboxylic acid groups (broad SMARTS) is 1. The topological polar surface area (TPSA) is 75.6 Å². The fourth-order valence-corrected chi connectivity index (χ4v) is 1.38. The van der Waals surface area contributed by atoms with E-state index < -0.39 is 11.4 Å². The number of aliphatic carboxylic acids is 1. The average Bonchev–Trinajstić information content (AvgIpc) is 2.22. The molecule has 1 amide bonds. The van der Waals surface area contributed by atoms with Gasteiger partial charge in [0.15, 0.2) is 0 Å². The summed E-state index contributed by atoms with van der Waals surface area (Å²) in [5, 5.41) is 11.8. The molecule has 1 atom stereocenters. The van der Waals surface area contributed by atoms with E-state index in [9.17, 15) is 9.59 Å². The number of carbonyl (C=O) groups is 2. The number of ether oxygens (including phenoxy) is 1. The highest BCUT2D eigenvalue weighted by molar-refractivity contribution is 5.84. The number of hydrogen-bond donors (Lipinski definition) is 2. The van der Waals surface area contributed by atoms with Gasteiger partial charge in [0.1, 0.15) is 0 Å². The van der Waals surface area contributed by atoms with Crippen molar-refractivity contribution < 1.29 is 19.4 Å². The Balaban J connectivity index is 4.38. The number of amides is 1. The minimum absolute atomic E-state index is 0.0301. The highest BCUT2D eigenvalue weighted by Gasteiger charge is 2.31. The predicted octanol–water partition coefficient (Wildman–Crippen LogP) is 1.66. The van der Waals surface area contributed by atoms with E-state index in [1.165, 1.54) is 0 Å². The van der Waals surface area contributed by atoms with Crippen molar-refractivity contribution in [3.8, 4) is 0 Å². The molecule has 0 rings (SSSR count). The van der Waals surface area contributed by atoms with Gasteiger partial charge in [-0.3, -0.25) is 9.59 Å². The SMILES string of the molecule is CCOCC(NC(=O)CC(C)(C)C(=O)O)C(C)C. The fourth-order valence-electron chi connectivity index (χ4n) is 1.38. The highest BCUT2D eigenvalue weighted by atomic mass is 16.5. The van der Waals surface area contributed by atoms with E-state index in [4.69, 9.17) is 9.84 Å². The Kier molecular flexibility index (Phi) is 6.91. The molecule has 0 aliphatic heterocycles. The fraction of sp³-hybridized carbons (Fsp3) is 0.846. The van der Waals surface area contributed by atoms with Crippen LogP contribution in [0.1, 0.15) is 41.0 Å². The first-order chi connectivity index (χ1) is 8.20. The van der Waals surface area contributed by atoms with Crippen molar-refractivity contribution in [1.29, 1.82) is 0 Å². The van der Waals surface area contributed by atoms with Crippen LogP contribution in [0, 0.1) is 11.3 Å². The van der Waals surface area contributed by atoms with Gasteiger partial charge in [0, 0.05) is 13.0 Å². The number of rotatable bonds is 8. The van der Waals surface area contributed by atoms with Crippen molar-refractivity contribution in [2.24, 2.45) is 11.3 Å². The summed E-state index contributed by atoms with van der Waals surface area (Å²) in [5.41, 5.74) is -1.04. The smallest absolute Gasteiger partial charge is 0.309 e. The molecule has 0 heterocycles. The Morgan fingerprint density at radius 2 is 1.89 bits per heavy atom. The summed E-state index contributed by atoms with van der Waals surface area (Å²) < 4.78 is 5.30. The normalized spacial score (nSPS) is 13.4. The molecule has 0 spiro atoms. The maximum absolute atomic E-state index is 11.8. The lowest BCUT2D eigenvalue weighted by molar-refractivity contribution is -0.149. The van der Waals surface area contributed by atoms with Gasteiger partial charge in [-0.2, -0.15) is 0 Å². The van der Waals surface area contributed by atoms with Crippen LogP contribution in [0.25, 0.3) is 0 Å². The summed E-state index contributed by atoms with van der Waals surface area (Å²) in [5.74, 6) is -0.974. The molecule has 2 N–H and O–H groups in total. The summed E-state index contributed by atoms with van der Waals surface area (Å²) in [4.78, 5) is 22.8. The standard InChI is InChI=1S/C13H25NO4/c1-6-18-8-10(9(2)3)14-11(15)7-13(4,5)12(16)17/h9-10H,6-8H2,1-5H3,(H,14,15)(H,16,17). The van der Waals surface area contributed by atoms with Gasteiger partial charge >= 0.3 is 5.97 Å². The molecule has 0 fully saturated rings. The molecule has 0 aliphatic carbocycles. The maximum Gasteiger partial charge on any atom is 0.309 e. The summed E-state index contributed by atoms with van der Waals surface area (Å²) in [6.07, 6.45) is -0.0301. The third-order valence-corrected chi connectivity index (χ3v) is 2.83. The first kappa shape index (κ1) is 16.9. The van der Waals surface area contributed by atoms with Crippen LogP contribution in [-0.2, 0) is 14.3 Å². The second-order valence-corrected chi connectivity index (χ2v) is 5.44. The lowest BCUT2D eigenvalue weighted by atomic mass is 9.89. The van der Waals surface area contributed by atoms with Crippen LogP contribution in [0.5, 0.6) is 0 Å². The number of hydrogen-bond acceptors (Lipinski definition) is 3. The second-order valence-electron chi connectivity index (χ2n) is 5.44. The molecule has 5 nitrogen and oxygen atoms in total. The maximum atomic E-state index is 11.8. The van der Waals surface area contributed by atoms with Crippen LogP contribution in [0.3, 0.4) is 0 Å². The van der Waals surface area contributed by atoms with Crippen LogP contribution in [0.4, 0.5) is 0 Å². The molecule has 0 saturated heterocycles. The molecular formula is C13H25NO4. The zero-order chi connectivity index (χ0) is 14.3. The molecule has 18 heavy (non-hydrogen) atoms. The monoisotopic (exact) mass is 259 g/mol. The number of nitrogens with one attached hydrogen (secondary N) is 1. The summed E-state index contributed by atoms with van der Waals surface area (Å²) in [6.45, 7) is 10.0. The zero-order valence-corrected chi connectivity index (χ0v) is 11.9. The quantitative estimate of drug-likeness (QED) is 0.695. The van der Waals surface area contributed by atoms with Crippen LogP contribution >= 0.6 is 0 Å². The van der Waals surface area contributed by atoms with E-state index in [-0.39, 0.29) is 24.3 Å². The van der Waals surface area contributed by atoms with E-state index in [0.717, 1.165) is 0 Å². The molecule has 0 bridgehead atoms. The number of carboxylic acids is 1. The number of carbonyl (C=O) groups excluding carboxylic acids is 1. The molecular weight excluding hydrogens is 234 g/mol. The van der Waals surface area contributed by atoms with Crippen molar-refractivity contribution in [2.75, 3.05) is 13.2 Å². The third kappa shape index (κ3) is 6.00. The molecule has 5 heteroatoms. The Morgan fingerprint density at radius 1 is 1.33 bits per heavy atom. The Labute approximate surface area is 109 Å². The lowest BCUT2D eigenvalue weighted by Gasteiger charge is -2.24. The minimum atomic E-state index is -1.04. The summed E-state index contributed by atoms with van der Waals surface area (Å²) in [7, 11) is 0. The largest absolute Gasteiger partial charge is 0.481 e. The third-order valence-electron chi connectivity index (χ3n) is 2.83. The van der Waals surface area contributed by atoms with Gasteiger partial charge in [0.25, 0.3) is 0 Å². The first-order valence-electron chi connectivity index (χ1n) is 6.31. The van der Waals surface area contributed by atoms with E-state index in [1.54, 1.807) is 13.8 Å². The molecule has 1 unspecified atom stereocenters. The van der Waals surface area contributed by atoms with Gasteiger partial charge in [0.2, 0.25) is 5.91 Å². The van der Waals surface area contributed by atoms with E-state index >= 15 is 0 Å². The summed E-state index contributed by atoms with van der Waals surface area (Å²) in [6, 6.07) is -0.0814. The Hall–Kier alpha value is -1.10. The van der Waals surface area contributed by atoms with Gasteiger partial charge < -0.3 is 15.2 Å². The second kappa shape index (κ2) is 7.36. The van der Waals surface area contributed by atoms with Crippen LogP contribution in [0.2, 0.25) is 0 Å². The van der Waals surface area contributed by atoms with Crippen molar-refractivity contribution in [3.63, 3.8) is 0 Å². The van der Waals surface area contributed by atoms with Crippen molar-refractivity contribution >= 4 is 11.9 Å². The van der Waals surface area contributed by atoms with Gasteiger partial charge in [-0.1, -0.05) is 13.8 Å². The van der Waals surface area contributed by atoms with Gasteiger partial charge in [-0.05, 0) is 26.7 Å². The Bertz CT molecular complexity index is 287. The molecule has 106 valence electrons. The predicted molar refractivity (Wildman–Crippen MR) is 69.3 cm³/mol. The van der Waals surface area contributed by atoms with Gasteiger partial charge in [-0.25, -0.2) is 0 Å². The van der Waals surface area contributed by atoms with Crippen molar-refractivity contribution in [1.82, 2.24) is 5.32 Å². The van der Waals surface area contributed by atoms with Crippen molar-refractivity contribution in [2.45, 2.75) is 47.1 Å². The minimum Gasteiger partial charge on any atom is -0.481 e. The van der Waals surface area contributed by atoms with Crippen LogP contribution in [-0.4, -0.2) is 36.2 Å². The van der Waals surface area contributed by atoms with Crippen LogP contribution < -0.4 is 5.32 Å². The van der Waals surface area contributed by atoms with Crippen LogP contribution in [0.15, 0.2) is 0 Å². The van der Waals surface area contributed by atoms with E-state index in [1.807, 2.05) is 20.8 Å². The first-order valence-corrected chi connectivity index (χ1v) is 6.31. The molecule has 0 aromatic rings. The molecule has 0 aromatic heterocycles. The average molecular weight is 259 g/mol. The van der Waals surface area contributed by atoms with Crippen molar-refractivity contribution in [3.05, 3.63) is 0 Å².